The standard InChI is InChI=1S/C24H23N3O3S/c1-15-8-6-12-21(25-15)26-22(17-9-4-5-10-19(17)29-3)18-14-16(2)31-24(18)27-23(28)20-11-7-13-30-20/h4-14,22H,1-3H3,(H,25,26)(H,27,28)/t22-/m1/s1. The van der Waals surface area contributed by atoms with Crippen molar-refractivity contribution in [3.63, 3.8) is 0 Å². The van der Waals surface area contributed by atoms with Crippen LogP contribution in [0.25, 0.3) is 0 Å². The normalized spacial score (nSPS) is 11.7. The molecule has 0 saturated heterocycles. The second-order valence-corrected chi connectivity index (χ2v) is 8.31. The van der Waals surface area contributed by atoms with E-state index in [4.69, 9.17) is 9.15 Å². The summed E-state index contributed by atoms with van der Waals surface area (Å²) in [6.45, 7) is 3.97. The molecular formula is C24H23N3O3S. The topological polar surface area (TPSA) is 76.4 Å². The number of hydrogen-bond acceptors (Lipinski definition) is 6. The van der Waals surface area contributed by atoms with Gasteiger partial charge in [-0.2, -0.15) is 0 Å². The number of pyridine rings is 1. The van der Waals surface area contributed by atoms with Gasteiger partial charge in [-0.3, -0.25) is 4.79 Å². The van der Waals surface area contributed by atoms with E-state index in [-0.39, 0.29) is 17.7 Å². The molecule has 0 unspecified atom stereocenters. The predicted molar refractivity (Wildman–Crippen MR) is 123 cm³/mol. The lowest BCUT2D eigenvalue weighted by Gasteiger charge is -2.23. The summed E-state index contributed by atoms with van der Waals surface area (Å²) in [6.07, 6.45) is 1.48. The number of furan rings is 1. The van der Waals surface area contributed by atoms with Crippen molar-refractivity contribution >= 4 is 28.1 Å². The van der Waals surface area contributed by atoms with Gasteiger partial charge in [-0.15, -0.1) is 11.3 Å². The Hall–Kier alpha value is -3.58. The third-order valence-corrected chi connectivity index (χ3v) is 5.78. The number of aromatic nitrogens is 1. The molecule has 0 bridgehead atoms. The first-order valence-corrected chi connectivity index (χ1v) is 10.6. The van der Waals surface area contributed by atoms with Gasteiger partial charge in [-0.25, -0.2) is 4.98 Å². The zero-order valence-electron chi connectivity index (χ0n) is 17.5. The zero-order chi connectivity index (χ0) is 21.8. The van der Waals surface area contributed by atoms with Crippen LogP contribution in [0.2, 0.25) is 0 Å². The molecular weight excluding hydrogens is 410 g/mol. The summed E-state index contributed by atoms with van der Waals surface area (Å²) in [5.74, 6) is 1.46. The fourth-order valence-electron chi connectivity index (χ4n) is 3.42. The number of thiophene rings is 1. The molecule has 2 N–H and O–H groups in total. The van der Waals surface area contributed by atoms with Gasteiger partial charge in [-0.05, 0) is 50.2 Å². The van der Waals surface area contributed by atoms with Crippen molar-refractivity contribution in [2.75, 3.05) is 17.7 Å². The summed E-state index contributed by atoms with van der Waals surface area (Å²) in [6, 6.07) is 18.8. The second-order valence-electron chi connectivity index (χ2n) is 7.06. The van der Waals surface area contributed by atoms with Crippen LogP contribution in [0, 0.1) is 13.8 Å². The number of para-hydroxylation sites is 1. The minimum atomic E-state index is -0.291. The van der Waals surface area contributed by atoms with Gasteiger partial charge in [0, 0.05) is 21.7 Å². The lowest BCUT2D eigenvalue weighted by atomic mass is 9.98. The number of nitrogens with zero attached hydrogens (tertiary/aromatic N) is 1. The largest absolute Gasteiger partial charge is 0.496 e. The van der Waals surface area contributed by atoms with Crippen molar-refractivity contribution < 1.29 is 13.9 Å². The van der Waals surface area contributed by atoms with E-state index in [0.717, 1.165) is 38.3 Å². The van der Waals surface area contributed by atoms with Crippen LogP contribution in [0.4, 0.5) is 10.8 Å². The molecule has 3 heterocycles. The van der Waals surface area contributed by atoms with Gasteiger partial charge < -0.3 is 19.8 Å². The number of carbonyl (C=O) groups excluding carboxylic acids is 1. The smallest absolute Gasteiger partial charge is 0.291 e. The molecule has 1 aromatic carbocycles. The van der Waals surface area contributed by atoms with Crippen LogP contribution >= 0.6 is 11.3 Å². The van der Waals surface area contributed by atoms with Crippen LogP contribution in [-0.4, -0.2) is 18.0 Å². The maximum absolute atomic E-state index is 12.7. The van der Waals surface area contributed by atoms with Crippen LogP contribution < -0.4 is 15.4 Å². The number of nitrogens with one attached hydrogen (secondary N) is 2. The van der Waals surface area contributed by atoms with E-state index in [9.17, 15) is 4.79 Å². The van der Waals surface area contributed by atoms with Crippen LogP contribution in [-0.2, 0) is 0 Å². The van der Waals surface area contributed by atoms with Crippen LogP contribution in [0.1, 0.15) is 38.3 Å². The minimum Gasteiger partial charge on any atom is -0.496 e. The number of amides is 1. The number of aryl methyl sites for hydroxylation is 2. The number of rotatable bonds is 7. The minimum absolute atomic E-state index is 0.263. The van der Waals surface area contributed by atoms with E-state index in [2.05, 4.69) is 21.7 Å². The monoisotopic (exact) mass is 433 g/mol. The average molecular weight is 434 g/mol. The Morgan fingerprint density at radius 3 is 2.65 bits per heavy atom. The van der Waals surface area contributed by atoms with E-state index in [1.54, 1.807) is 19.2 Å². The highest BCUT2D eigenvalue weighted by Gasteiger charge is 2.25. The van der Waals surface area contributed by atoms with E-state index < -0.39 is 0 Å². The third-order valence-electron chi connectivity index (χ3n) is 4.80. The van der Waals surface area contributed by atoms with E-state index in [0.29, 0.717) is 0 Å². The molecule has 4 aromatic rings. The molecule has 3 aromatic heterocycles. The van der Waals surface area contributed by atoms with Crippen LogP contribution in [0.5, 0.6) is 5.75 Å². The number of carbonyl (C=O) groups is 1. The van der Waals surface area contributed by atoms with Gasteiger partial charge in [-0.1, -0.05) is 24.3 Å². The first-order chi connectivity index (χ1) is 15.0. The highest BCUT2D eigenvalue weighted by Crippen LogP contribution is 2.40. The Labute approximate surface area is 184 Å². The Bertz CT molecular complexity index is 1180. The molecule has 31 heavy (non-hydrogen) atoms. The maximum Gasteiger partial charge on any atom is 0.291 e. The molecule has 0 aliphatic heterocycles. The summed E-state index contributed by atoms with van der Waals surface area (Å²) in [7, 11) is 1.65. The number of anilines is 2. The first kappa shape index (κ1) is 20.7. The first-order valence-electron chi connectivity index (χ1n) is 9.83. The fraction of sp³-hybridized carbons (Fsp3) is 0.167. The van der Waals surface area contributed by atoms with Crippen molar-refractivity contribution in [2.45, 2.75) is 19.9 Å². The van der Waals surface area contributed by atoms with Gasteiger partial charge >= 0.3 is 0 Å². The molecule has 0 aliphatic carbocycles. The van der Waals surface area contributed by atoms with E-state index >= 15 is 0 Å². The number of hydrogen-bond donors (Lipinski definition) is 2. The average Bonchev–Trinajstić information content (AvgIpc) is 3.42. The second kappa shape index (κ2) is 9.06. The van der Waals surface area contributed by atoms with Crippen LogP contribution in [0.15, 0.2) is 71.3 Å². The Kier molecular flexibility index (Phi) is 6.04. The molecule has 1 atom stereocenters. The third kappa shape index (κ3) is 4.62. The van der Waals surface area contributed by atoms with Gasteiger partial charge in [0.25, 0.3) is 5.91 Å². The highest BCUT2D eigenvalue weighted by atomic mass is 32.1. The molecule has 4 rings (SSSR count). The molecule has 0 spiro atoms. The molecule has 0 aliphatic rings. The maximum atomic E-state index is 12.7. The van der Waals surface area contributed by atoms with Gasteiger partial charge in [0.2, 0.25) is 0 Å². The number of benzene rings is 1. The van der Waals surface area contributed by atoms with E-state index in [1.807, 2.05) is 56.3 Å². The Morgan fingerprint density at radius 2 is 1.90 bits per heavy atom. The number of ether oxygens (including phenoxy) is 1. The van der Waals surface area contributed by atoms with E-state index in [1.165, 1.54) is 17.6 Å². The summed E-state index contributed by atoms with van der Waals surface area (Å²) in [4.78, 5) is 18.3. The van der Waals surface area contributed by atoms with Gasteiger partial charge in [0.05, 0.1) is 19.4 Å². The molecule has 6 nitrogen and oxygen atoms in total. The summed E-state index contributed by atoms with van der Waals surface area (Å²) >= 11 is 1.52. The summed E-state index contributed by atoms with van der Waals surface area (Å²) < 4.78 is 10.9. The van der Waals surface area contributed by atoms with Crippen molar-refractivity contribution in [2.24, 2.45) is 0 Å². The van der Waals surface area contributed by atoms with Crippen molar-refractivity contribution in [3.8, 4) is 5.75 Å². The molecule has 0 radical (unpaired) electrons. The van der Waals surface area contributed by atoms with Crippen molar-refractivity contribution in [3.05, 3.63) is 94.4 Å². The summed E-state index contributed by atoms with van der Waals surface area (Å²) in [5.41, 5.74) is 2.78. The lowest BCUT2D eigenvalue weighted by molar-refractivity contribution is 0.0997. The highest BCUT2D eigenvalue weighted by molar-refractivity contribution is 7.16. The number of methoxy groups -OCH3 is 1. The molecule has 1 amide bonds. The predicted octanol–water partition coefficient (Wildman–Crippen LogP) is 5.82. The quantitative estimate of drug-likeness (QED) is 0.384. The summed E-state index contributed by atoms with van der Waals surface area (Å²) in [5, 5.41) is 7.28. The molecule has 0 saturated carbocycles. The van der Waals surface area contributed by atoms with Gasteiger partial charge in [0.15, 0.2) is 5.76 Å². The SMILES string of the molecule is COc1ccccc1[C@@H](Nc1cccc(C)n1)c1cc(C)sc1NC(=O)c1ccco1. The molecule has 0 fully saturated rings. The van der Waals surface area contributed by atoms with Gasteiger partial charge in [0.1, 0.15) is 16.6 Å². The molecule has 7 heteroatoms. The van der Waals surface area contributed by atoms with Crippen molar-refractivity contribution in [1.82, 2.24) is 4.98 Å². The van der Waals surface area contributed by atoms with Crippen molar-refractivity contribution in [1.29, 1.82) is 0 Å². The lowest BCUT2D eigenvalue weighted by Crippen LogP contribution is -2.17. The fourth-order valence-corrected chi connectivity index (χ4v) is 4.36. The Morgan fingerprint density at radius 1 is 1.06 bits per heavy atom. The zero-order valence-corrected chi connectivity index (χ0v) is 18.3. The Balaban J connectivity index is 1.77. The van der Waals surface area contributed by atoms with Crippen LogP contribution in [0.3, 0.4) is 0 Å². The molecule has 158 valence electrons.